The summed E-state index contributed by atoms with van der Waals surface area (Å²) >= 11 is 3.42. The molecule has 0 radical (unpaired) electrons. The topological polar surface area (TPSA) is 141 Å². The van der Waals surface area contributed by atoms with Gasteiger partial charge in [0.15, 0.2) is 5.69 Å². The number of aryl methyl sites for hydroxylation is 1. The third-order valence-corrected chi connectivity index (χ3v) is 6.88. The number of nitro groups is 1. The average molecular weight is 605 g/mol. The minimum Gasteiger partial charge on any atom is -0.358 e. The van der Waals surface area contributed by atoms with Gasteiger partial charge in [0.2, 0.25) is 11.7 Å². The highest BCUT2D eigenvalue weighted by Crippen LogP contribution is 2.27. The second-order valence-corrected chi connectivity index (χ2v) is 10.5. The van der Waals surface area contributed by atoms with Crippen molar-refractivity contribution in [3.63, 3.8) is 0 Å². The van der Waals surface area contributed by atoms with Crippen LogP contribution in [0.15, 0.2) is 53.4 Å². The predicted molar refractivity (Wildman–Crippen MR) is 156 cm³/mol. The number of halogens is 1. The van der Waals surface area contributed by atoms with E-state index in [-0.39, 0.29) is 11.7 Å². The van der Waals surface area contributed by atoms with E-state index in [0.717, 1.165) is 10.2 Å². The zero-order valence-electron chi connectivity index (χ0n) is 22.3. The molecule has 0 spiro atoms. The van der Waals surface area contributed by atoms with Crippen LogP contribution >= 0.6 is 15.9 Å². The molecule has 1 aromatic carbocycles. The lowest BCUT2D eigenvalue weighted by Crippen LogP contribution is -2.39. The Morgan fingerprint density at radius 3 is 2.77 bits per heavy atom. The fraction of sp³-hybridized carbons (Fsp3) is 0.222. The highest BCUT2D eigenvalue weighted by molar-refractivity contribution is 9.10. The maximum absolute atomic E-state index is 12.7. The largest absolute Gasteiger partial charge is 0.391 e. The number of hydrogen-bond acceptors (Lipinski definition) is 8. The molecular formula is C27H27BrN9O3+. The summed E-state index contributed by atoms with van der Waals surface area (Å²) in [7, 11) is 5.60. The smallest absolute Gasteiger partial charge is 0.358 e. The van der Waals surface area contributed by atoms with Crippen molar-refractivity contribution in [3.05, 3.63) is 80.6 Å². The Kier molecular flexibility index (Phi) is 8.22. The highest BCUT2D eigenvalue weighted by Gasteiger charge is 2.29. The van der Waals surface area contributed by atoms with Crippen molar-refractivity contribution in [3.8, 4) is 12.3 Å². The first kappa shape index (κ1) is 28.3. The van der Waals surface area contributed by atoms with Gasteiger partial charge in [-0.1, -0.05) is 5.92 Å². The van der Waals surface area contributed by atoms with Gasteiger partial charge in [0.1, 0.15) is 24.5 Å². The number of aromatic nitrogens is 5. The SMILES string of the molecule is C#Cc1cc(Nc2ncnc3cnc(NC(=O)/C=C/C[N+](C)(C)Cc4c([N+](=O)[O-])nc(C)n4C)cc23)ccc1Br. The van der Waals surface area contributed by atoms with E-state index in [2.05, 4.69) is 52.4 Å². The van der Waals surface area contributed by atoms with Gasteiger partial charge >= 0.3 is 5.82 Å². The van der Waals surface area contributed by atoms with Crippen LogP contribution < -0.4 is 10.6 Å². The Labute approximate surface area is 239 Å². The van der Waals surface area contributed by atoms with Gasteiger partial charge < -0.3 is 29.8 Å². The Morgan fingerprint density at radius 1 is 1.27 bits per heavy atom. The molecule has 0 saturated carbocycles. The summed E-state index contributed by atoms with van der Waals surface area (Å²) in [6, 6.07) is 7.22. The molecule has 0 atom stereocenters. The molecule has 0 aliphatic heterocycles. The average Bonchev–Trinajstić information content (AvgIpc) is 3.18. The summed E-state index contributed by atoms with van der Waals surface area (Å²) in [5, 5.41) is 18.1. The number of benzene rings is 1. The lowest BCUT2D eigenvalue weighted by molar-refractivity contribution is -0.898. The molecule has 0 saturated heterocycles. The van der Waals surface area contributed by atoms with Gasteiger partial charge in [-0.15, -0.1) is 6.42 Å². The molecule has 12 nitrogen and oxygen atoms in total. The third-order valence-electron chi connectivity index (χ3n) is 6.19. The van der Waals surface area contributed by atoms with Gasteiger partial charge in [-0.05, 0) is 56.2 Å². The Balaban J connectivity index is 1.45. The molecule has 0 aliphatic carbocycles. The number of fused-ring (bicyclic) bond motifs is 1. The summed E-state index contributed by atoms with van der Waals surface area (Å²) in [5.41, 5.74) is 2.56. The number of likely N-dealkylation sites (N-methyl/N-ethyl adjacent to an activating group) is 1. The van der Waals surface area contributed by atoms with E-state index in [1.165, 1.54) is 12.4 Å². The Morgan fingerprint density at radius 2 is 2.05 bits per heavy atom. The number of terminal acetylenes is 1. The van der Waals surface area contributed by atoms with Crippen molar-refractivity contribution >= 4 is 55.9 Å². The molecule has 0 bridgehead atoms. The maximum Gasteiger partial charge on any atom is 0.391 e. The fourth-order valence-corrected chi connectivity index (χ4v) is 4.38. The zero-order valence-corrected chi connectivity index (χ0v) is 23.9. The van der Waals surface area contributed by atoms with Gasteiger partial charge in [0, 0.05) is 41.2 Å². The fourth-order valence-electron chi connectivity index (χ4n) is 4.02. The van der Waals surface area contributed by atoms with Gasteiger partial charge in [-0.25, -0.2) is 15.0 Å². The van der Waals surface area contributed by atoms with Crippen molar-refractivity contribution in [2.45, 2.75) is 13.5 Å². The standard InChI is InChI=1S/C27H26BrN9O3/c1-6-18-12-19(9-10-21(18)28)33-26-20-13-24(29-14-22(20)30-16-31-26)34-25(38)8-7-11-37(4,5)15-23-27(36(39)40)32-17(2)35(23)3/h1,7-10,12-14,16H,11,15H2,2-5H3,(H-,29,30,31,33,34,38)/p+1/b8-7+. The molecule has 2 N–H and O–H groups in total. The summed E-state index contributed by atoms with van der Waals surface area (Å²) in [6.45, 7) is 2.54. The first-order valence-electron chi connectivity index (χ1n) is 12.1. The lowest BCUT2D eigenvalue weighted by atomic mass is 10.2. The van der Waals surface area contributed by atoms with Crippen LogP contribution in [0.5, 0.6) is 0 Å². The number of amides is 1. The van der Waals surface area contributed by atoms with E-state index in [4.69, 9.17) is 6.42 Å². The number of anilines is 3. The molecular weight excluding hydrogens is 578 g/mol. The minimum absolute atomic E-state index is 0.148. The molecule has 0 fully saturated rings. The molecule has 13 heteroatoms. The number of pyridine rings is 1. The second kappa shape index (κ2) is 11.6. The third kappa shape index (κ3) is 6.48. The van der Waals surface area contributed by atoms with Crippen molar-refractivity contribution in [2.24, 2.45) is 7.05 Å². The van der Waals surface area contributed by atoms with E-state index in [9.17, 15) is 14.9 Å². The molecule has 4 aromatic rings. The number of carbonyl (C=O) groups is 1. The summed E-state index contributed by atoms with van der Waals surface area (Å²) in [4.78, 5) is 40.5. The molecule has 1 amide bonds. The van der Waals surface area contributed by atoms with E-state index < -0.39 is 4.92 Å². The quantitative estimate of drug-likeness (QED) is 0.0950. The zero-order chi connectivity index (χ0) is 29.0. The van der Waals surface area contributed by atoms with Crippen LogP contribution in [-0.2, 0) is 18.4 Å². The highest BCUT2D eigenvalue weighted by atomic mass is 79.9. The number of rotatable bonds is 9. The normalized spacial score (nSPS) is 11.5. The van der Waals surface area contributed by atoms with Gasteiger partial charge in [-0.2, -0.15) is 0 Å². The van der Waals surface area contributed by atoms with Gasteiger partial charge in [0.25, 0.3) is 0 Å². The molecule has 40 heavy (non-hydrogen) atoms. The van der Waals surface area contributed by atoms with E-state index >= 15 is 0 Å². The molecule has 204 valence electrons. The molecule has 3 aromatic heterocycles. The summed E-state index contributed by atoms with van der Waals surface area (Å²) in [5.74, 6) is 3.53. The van der Waals surface area contributed by atoms with E-state index in [1.807, 2.05) is 32.3 Å². The molecule has 3 heterocycles. The summed E-state index contributed by atoms with van der Waals surface area (Å²) in [6.07, 6.45) is 11.7. The first-order chi connectivity index (χ1) is 19.0. The number of carbonyl (C=O) groups excluding carboxylic acids is 1. The van der Waals surface area contributed by atoms with Crippen molar-refractivity contribution in [1.82, 2.24) is 24.5 Å². The lowest BCUT2D eigenvalue weighted by Gasteiger charge is -2.28. The second-order valence-electron chi connectivity index (χ2n) is 9.69. The van der Waals surface area contributed by atoms with Crippen LogP contribution in [0.25, 0.3) is 10.9 Å². The number of hydrogen-bond donors (Lipinski definition) is 2. The van der Waals surface area contributed by atoms with Crippen LogP contribution in [0.1, 0.15) is 17.1 Å². The molecule has 0 aliphatic rings. The van der Waals surface area contributed by atoms with Crippen molar-refractivity contribution in [1.29, 1.82) is 0 Å². The first-order valence-corrected chi connectivity index (χ1v) is 12.9. The number of quaternary nitrogens is 1. The maximum atomic E-state index is 12.7. The predicted octanol–water partition coefficient (Wildman–Crippen LogP) is 4.23. The molecule has 4 rings (SSSR count). The van der Waals surface area contributed by atoms with Gasteiger partial charge in [-0.3, -0.25) is 4.79 Å². The van der Waals surface area contributed by atoms with Crippen LogP contribution in [0, 0.1) is 29.4 Å². The van der Waals surface area contributed by atoms with Crippen molar-refractivity contribution < 1.29 is 14.2 Å². The van der Waals surface area contributed by atoms with Crippen LogP contribution in [0.2, 0.25) is 0 Å². The van der Waals surface area contributed by atoms with Crippen LogP contribution in [-0.4, -0.2) is 60.5 Å². The van der Waals surface area contributed by atoms with Crippen LogP contribution in [0.3, 0.4) is 0 Å². The Hall–Kier alpha value is -4.67. The number of imidazole rings is 1. The Bertz CT molecular complexity index is 1690. The number of nitrogens with one attached hydrogen (secondary N) is 2. The van der Waals surface area contributed by atoms with Crippen molar-refractivity contribution in [2.75, 3.05) is 31.3 Å². The number of nitrogens with zero attached hydrogens (tertiary/aromatic N) is 7. The summed E-state index contributed by atoms with van der Waals surface area (Å²) < 4.78 is 2.91. The van der Waals surface area contributed by atoms with E-state index in [0.29, 0.717) is 57.2 Å². The molecule has 0 unspecified atom stereocenters. The van der Waals surface area contributed by atoms with E-state index in [1.54, 1.807) is 36.9 Å². The monoisotopic (exact) mass is 604 g/mol. The van der Waals surface area contributed by atoms with Crippen LogP contribution in [0.4, 0.5) is 23.1 Å². The minimum atomic E-state index is -0.471. The van der Waals surface area contributed by atoms with Gasteiger partial charge in [0.05, 0.1) is 32.4 Å².